The Morgan fingerprint density at radius 3 is 2.17 bits per heavy atom. The number of rotatable bonds is 12. The molecule has 0 aromatic heterocycles. The van der Waals surface area contributed by atoms with Gasteiger partial charge in [0.1, 0.15) is 6.61 Å². The smallest absolute Gasteiger partial charge is 0.407 e. The van der Waals surface area contributed by atoms with Gasteiger partial charge in [0.2, 0.25) is 5.91 Å². The van der Waals surface area contributed by atoms with E-state index in [9.17, 15) is 14.4 Å². The Balaban J connectivity index is 1.45. The van der Waals surface area contributed by atoms with E-state index in [0.717, 1.165) is 11.1 Å². The number of alkyl carbamates (subject to hydrolysis) is 1. The molecule has 2 amide bonds. The van der Waals surface area contributed by atoms with Crippen molar-refractivity contribution >= 4 is 18.0 Å². The first-order valence-electron chi connectivity index (χ1n) is 12.3. The van der Waals surface area contributed by atoms with E-state index in [4.69, 9.17) is 9.84 Å². The highest BCUT2D eigenvalue weighted by Gasteiger charge is 2.29. The maximum atomic E-state index is 12.5. The minimum Gasteiger partial charge on any atom is -0.481 e. The number of hydrogen-bond donors (Lipinski definition) is 3. The van der Waals surface area contributed by atoms with Gasteiger partial charge in [0.15, 0.2) is 0 Å². The molecule has 3 rings (SSSR count). The second-order valence-electron chi connectivity index (χ2n) is 9.94. The van der Waals surface area contributed by atoms with Gasteiger partial charge < -0.3 is 20.5 Å². The second-order valence-corrected chi connectivity index (χ2v) is 9.94. The lowest BCUT2D eigenvalue weighted by molar-refractivity contribution is -0.137. The number of amides is 2. The zero-order valence-electron chi connectivity index (χ0n) is 20.8. The molecule has 0 aliphatic heterocycles. The van der Waals surface area contributed by atoms with Crippen LogP contribution in [0.5, 0.6) is 0 Å². The van der Waals surface area contributed by atoms with Gasteiger partial charge in [-0.15, -0.1) is 0 Å². The molecule has 0 spiro atoms. The highest BCUT2D eigenvalue weighted by atomic mass is 16.5. The first-order valence-corrected chi connectivity index (χ1v) is 12.3. The van der Waals surface area contributed by atoms with Crippen LogP contribution >= 0.6 is 0 Å². The van der Waals surface area contributed by atoms with Crippen LogP contribution in [0.25, 0.3) is 11.1 Å². The van der Waals surface area contributed by atoms with Gasteiger partial charge in [-0.05, 0) is 46.9 Å². The molecule has 1 aliphatic rings. The highest BCUT2D eigenvalue weighted by Crippen LogP contribution is 2.44. The number of nitrogens with one attached hydrogen (secondary N) is 2. The minimum atomic E-state index is -0.813. The summed E-state index contributed by atoms with van der Waals surface area (Å²) >= 11 is 0. The monoisotopic (exact) mass is 480 g/mol. The molecule has 0 saturated heterocycles. The molecule has 7 nitrogen and oxygen atoms in total. The number of carbonyl (C=O) groups is 3. The van der Waals surface area contributed by atoms with E-state index in [1.165, 1.54) is 11.1 Å². The van der Waals surface area contributed by atoms with Gasteiger partial charge in [-0.3, -0.25) is 9.59 Å². The normalized spacial score (nSPS) is 13.5. The number of fused-ring (bicyclic) bond motifs is 3. The Morgan fingerprint density at radius 1 is 1.00 bits per heavy atom. The number of aliphatic carboxylic acids is 1. The molecule has 0 bridgehead atoms. The summed E-state index contributed by atoms with van der Waals surface area (Å²) in [6.45, 7) is 6.60. The lowest BCUT2D eigenvalue weighted by Gasteiger charge is -2.24. The van der Waals surface area contributed by atoms with Crippen molar-refractivity contribution in [2.45, 2.75) is 64.8 Å². The van der Waals surface area contributed by atoms with Crippen LogP contribution in [-0.2, 0) is 14.3 Å². The molecule has 7 heteroatoms. The fourth-order valence-corrected chi connectivity index (χ4v) is 4.51. The number of carboxylic acids is 1. The number of hydrogen-bond acceptors (Lipinski definition) is 4. The zero-order chi connectivity index (χ0) is 25.4. The lowest BCUT2D eigenvalue weighted by Crippen LogP contribution is -2.40. The molecule has 3 N–H and O–H groups in total. The number of carbonyl (C=O) groups excluding carboxylic acids is 2. The van der Waals surface area contributed by atoms with Gasteiger partial charge in [-0.2, -0.15) is 0 Å². The van der Waals surface area contributed by atoms with Crippen LogP contribution in [0.15, 0.2) is 48.5 Å². The Kier molecular flexibility index (Phi) is 8.90. The minimum absolute atomic E-state index is 0.0130. The summed E-state index contributed by atoms with van der Waals surface area (Å²) < 4.78 is 5.60. The van der Waals surface area contributed by atoms with E-state index >= 15 is 0 Å². The van der Waals surface area contributed by atoms with Crippen LogP contribution < -0.4 is 10.6 Å². The fourth-order valence-electron chi connectivity index (χ4n) is 4.51. The summed E-state index contributed by atoms with van der Waals surface area (Å²) in [6.07, 6.45) is 1.59. The summed E-state index contributed by atoms with van der Waals surface area (Å²) in [7, 11) is 0. The predicted octanol–water partition coefficient (Wildman–Crippen LogP) is 5.09. The third kappa shape index (κ3) is 7.31. The van der Waals surface area contributed by atoms with Gasteiger partial charge in [0.25, 0.3) is 0 Å². The van der Waals surface area contributed by atoms with Crippen molar-refractivity contribution in [1.29, 1.82) is 0 Å². The van der Waals surface area contributed by atoms with Crippen molar-refractivity contribution in [2.24, 2.45) is 5.41 Å². The quantitative estimate of drug-likeness (QED) is 0.392. The van der Waals surface area contributed by atoms with Crippen LogP contribution in [0.3, 0.4) is 0 Å². The molecule has 35 heavy (non-hydrogen) atoms. The van der Waals surface area contributed by atoms with E-state index in [0.29, 0.717) is 25.8 Å². The van der Waals surface area contributed by atoms with E-state index in [2.05, 4.69) is 34.9 Å². The predicted molar refractivity (Wildman–Crippen MR) is 135 cm³/mol. The maximum Gasteiger partial charge on any atom is 0.407 e. The molecule has 0 saturated carbocycles. The Labute approximate surface area is 207 Å². The van der Waals surface area contributed by atoms with Crippen molar-refractivity contribution < 1.29 is 24.2 Å². The SMILES string of the molecule is CC[C@H](CC(=O)NCCC(C)(C)CCC(=O)O)NC(=O)OCC1c2ccccc2-c2ccccc21. The average Bonchev–Trinajstić information content (AvgIpc) is 3.14. The number of benzene rings is 2. The van der Waals surface area contributed by atoms with Gasteiger partial charge in [-0.25, -0.2) is 4.79 Å². The highest BCUT2D eigenvalue weighted by molar-refractivity contribution is 5.79. The molecule has 0 heterocycles. The van der Waals surface area contributed by atoms with Crippen molar-refractivity contribution in [2.75, 3.05) is 13.2 Å². The van der Waals surface area contributed by atoms with Crippen LogP contribution in [0, 0.1) is 5.41 Å². The zero-order valence-corrected chi connectivity index (χ0v) is 20.8. The van der Waals surface area contributed by atoms with E-state index < -0.39 is 12.1 Å². The van der Waals surface area contributed by atoms with Gasteiger partial charge in [0.05, 0.1) is 0 Å². The summed E-state index contributed by atoms with van der Waals surface area (Å²) in [5.74, 6) is -0.974. The van der Waals surface area contributed by atoms with E-state index in [1.54, 1.807) is 0 Å². The standard InChI is InChI=1S/C28H36N2O5/c1-4-19(17-25(31)29-16-15-28(2,3)14-13-26(32)33)30-27(34)35-18-24-22-11-7-5-9-20(22)21-10-6-8-12-23(21)24/h5-12,19,24H,4,13-18H2,1-3H3,(H,29,31)(H,30,34)(H,32,33)/t19-/m1/s1. The van der Waals surface area contributed by atoms with Gasteiger partial charge in [0, 0.05) is 31.3 Å². The van der Waals surface area contributed by atoms with Crippen molar-refractivity contribution in [3.63, 3.8) is 0 Å². The fraction of sp³-hybridized carbons (Fsp3) is 0.464. The molecule has 2 aromatic rings. The number of ether oxygens (including phenoxy) is 1. The molecular formula is C28H36N2O5. The summed E-state index contributed by atoms with van der Waals surface area (Å²) in [6, 6.07) is 16.0. The molecular weight excluding hydrogens is 444 g/mol. The van der Waals surface area contributed by atoms with E-state index in [1.807, 2.05) is 45.0 Å². The van der Waals surface area contributed by atoms with Crippen molar-refractivity contribution in [1.82, 2.24) is 10.6 Å². The molecule has 188 valence electrons. The Bertz CT molecular complexity index is 1000. The summed E-state index contributed by atoms with van der Waals surface area (Å²) in [5.41, 5.74) is 4.48. The van der Waals surface area contributed by atoms with Crippen LogP contribution in [-0.4, -0.2) is 42.3 Å². The summed E-state index contributed by atoms with van der Waals surface area (Å²) in [5, 5.41) is 14.6. The van der Waals surface area contributed by atoms with Crippen LogP contribution in [0.2, 0.25) is 0 Å². The van der Waals surface area contributed by atoms with E-state index in [-0.39, 0.29) is 42.7 Å². The topological polar surface area (TPSA) is 105 Å². The molecule has 2 aromatic carbocycles. The molecule has 1 atom stereocenters. The third-order valence-electron chi connectivity index (χ3n) is 6.73. The first-order chi connectivity index (χ1) is 16.7. The van der Waals surface area contributed by atoms with Crippen LogP contribution in [0.4, 0.5) is 4.79 Å². The molecule has 0 radical (unpaired) electrons. The molecule has 0 fully saturated rings. The van der Waals surface area contributed by atoms with Gasteiger partial charge >= 0.3 is 12.1 Å². The maximum absolute atomic E-state index is 12.5. The third-order valence-corrected chi connectivity index (χ3v) is 6.73. The Morgan fingerprint density at radius 2 is 1.60 bits per heavy atom. The summed E-state index contributed by atoms with van der Waals surface area (Å²) in [4.78, 5) is 35.7. The van der Waals surface area contributed by atoms with Gasteiger partial charge in [-0.1, -0.05) is 69.3 Å². The largest absolute Gasteiger partial charge is 0.481 e. The average molecular weight is 481 g/mol. The molecule has 1 aliphatic carbocycles. The van der Waals surface area contributed by atoms with Crippen molar-refractivity contribution in [3.05, 3.63) is 59.7 Å². The second kappa shape index (κ2) is 11.9. The first kappa shape index (κ1) is 26.3. The molecule has 0 unspecified atom stereocenters. The van der Waals surface area contributed by atoms with Crippen LogP contribution in [0.1, 0.15) is 69.9 Å². The Hall–Kier alpha value is -3.35. The van der Waals surface area contributed by atoms with Crippen molar-refractivity contribution in [3.8, 4) is 11.1 Å². The number of carboxylic acid groups (broad SMARTS) is 1. The lowest BCUT2D eigenvalue weighted by atomic mass is 9.84.